The Morgan fingerprint density at radius 1 is 1.06 bits per heavy atom. The third kappa shape index (κ3) is 5.41. The summed E-state index contributed by atoms with van der Waals surface area (Å²) >= 11 is 5.56. The van der Waals surface area contributed by atoms with E-state index < -0.39 is 27.2 Å². The van der Waals surface area contributed by atoms with Gasteiger partial charge in [0.25, 0.3) is 11.4 Å². The molecule has 1 saturated heterocycles. The highest BCUT2D eigenvalue weighted by atomic mass is 32.1. The molecule has 0 amide bonds. The van der Waals surface area contributed by atoms with Crippen molar-refractivity contribution in [3.8, 4) is 11.5 Å². The second-order valence-electron chi connectivity index (χ2n) is 7.04. The molecule has 1 fully saturated rings. The second-order valence-corrected chi connectivity index (χ2v) is 7.43. The Morgan fingerprint density at radius 3 is 2.21 bits per heavy atom. The van der Waals surface area contributed by atoms with Crippen molar-refractivity contribution in [3.05, 3.63) is 67.3 Å². The number of hydrogen-bond acceptors (Lipinski definition) is 9. The first-order valence-electron chi connectivity index (χ1n) is 10.0. The van der Waals surface area contributed by atoms with Gasteiger partial charge in [0.05, 0.1) is 35.2 Å². The maximum atomic E-state index is 12.7. The van der Waals surface area contributed by atoms with Crippen LogP contribution in [0.5, 0.6) is 11.5 Å². The number of morpholine rings is 1. The number of thiocarbonyl (C=S) groups is 1. The molecule has 174 valence electrons. The van der Waals surface area contributed by atoms with E-state index in [1.54, 1.807) is 19.1 Å². The van der Waals surface area contributed by atoms with E-state index in [1.165, 1.54) is 13.0 Å². The van der Waals surface area contributed by atoms with Crippen molar-refractivity contribution in [1.82, 2.24) is 4.90 Å². The summed E-state index contributed by atoms with van der Waals surface area (Å²) in [5.74, 6) is -0.693. The average Bonchev–Trinajstić information content (AvgIpc) is 2.80. The number of rotatable bonds is 7. The molecule has 12 heteroatoms. The van der Waals surface area contributed by atoms with Crippen LogP contribution in [0.25, 0.3) is 0 Å². The van der Waals surface area contributed by atoms with Crippen molar-refractivity contribution in [1.29, 1.82) is 0 Å². The smallest absolute Gasteiger partial charge is 0.344 e. The highest BCUT2D eigenvalue weighted by Gasteiger charge is 2.27. The minimum atomic E-state index is -0.995. The Kier molecular flexibility index (Phi) is 7.51. The molecule has 0 unspecified atom stereocenters. The molecular formula is C21H21N3O8S. The quantitative estimate of drug-likeness (QED) is 0.193. The van der Waals surface area contributed by atoms with Crippen molar-refractivity contribution < 1.29 is 28.9 Å². The van der Waals surface area contributed by atoms with Crippen LogP contribution >= 0.6 is 12.2 Å². The van der Waals surface area contributed by atoms with Gasteiger partial charge in [-0.2, -0.15) is 0 Å². The molecule has 2 aromatic carbocycles. The van der Waals surface area contributed by atoms with Crippen LogP contribution in [0.4, 0.5) is 11.4 Å². The van der Waals surface area contributed by atoms with Crippen LogP contribution in [0, 0.1) is 27.2 Å². The molecule has 0 bridgehead atoms. The number of esters is 1. The molecule has 33 heavy (non-hydrogen) atoms. The largest absolute Gasteiger partial charge is 0.490 e. The lowest BCUT2D eigenvalue weighted by atomic mass is 10.1. The molecule has 0 atom stereocenters. The Bertz CT molecular complexity index is 1080. The van der Waals surface area contributed by atoms with E-state index in [0.29, 0.717) is 36.9 Å². The number of carbonyl (C=O) groups excluding carboxylic acids is 1. The van der Waals surface area contributed by atoms with Crippen LogP contribution in [0.1, 0.15) is 28.4 Å². The number of nitro benzene ring substituents is 2. The predicted octanol–water partition coefficient (Wildman–Crippen LogP) is 3.44. The van der Waals surface area contributed by atoms with Gasteiger partial charge in [0.1, 0.15) is 10.6 Å². The number of ether oxygens (including phenoxy) is 3. The van der Waals surface area contributed by atoms with Crippen LogP contribution < -0.4 is 9.47 Å². The minimum Gasteiger partial charge on any atom is -0.490 e. The van der Waals surface area contributed by atoms with Crippen LogP contribution in [0.15, 0.2) is 30.3 Å². The van der Waals surface area contributed by atoms with Crippen LogP contribution in [-0.2, 0) is 4.74 Å². The van der Waals surface area contributed by atoms with Gasteiger partial charge in [-0.25, -0.2) is 4.79 Å². The molecule has 1 aliphatic rings. The van der Waals surface area contributed by atoms with Crippen LogP contribution in [0.2, 0.25) is 0 Å². The molecule has 0 spiro atoms. The molecular weight excluding hydrogens is 454 g/mol. The second kappa shape index (κ2) is 10.3. The molecule has 0 aliphatic carbocycles. The molecule has 0 N–H and O–H groups in total. The lowest BCUT2D eigenvalue weighted by Gasteiger charge is -2.29. The van der Waals surface area contributed by atoms with E-state index in [-0.39, 0.29) is 29.2 Å². The summed E-state index contributed by atoms with van der Waals surface area (Å²) in [4.78, 5) is 36.3. The first-order valence-corrected chi connectivity index (χ1v) is 10.4. The van der Waals surface area contributed by atoms with Gasteiger partial charge in [0.15, 0.2) is 11.5 Å². The monoisotopic (exact) mass is 475 g/mol. The van der Waals surface area contributed by atoms with Crippen molar-refractivity contribution in [2.75, 3.05) is 32.9 Å². The van der Waals surface area contributed by atoms with E-state index in [1.807, 2.05) is 4.90 Å². The Hall–Kier alpha value is -3.64. The van der Waals surface area contributed by atoms with Gasteiger partial charge in [0.2, 0.25) is 0 Å². The zero-order valence-corrected chi connectivity index (χ0v) is 18.8. The molecule has 2 aromatic rings. The standard InChI is InChI=1S/C21H21N3O8S/c1-3-31-19-12-14(20(33)22-6-8-30-9-7-22)4-5-18(19)32-21(25)15-10-16(23(26)27)13(2)17(11-15)24(28)29/h4-5,10-12H,3,6-9H2,1-2H3. The Balaban J connectivity index is 1.91. The predicted molar refractivity (Wildman–Crippen MR) is 121 cm³/mol. The summed E-state index contributed by atoms with van der Waals surface area (Å²) in [6.07, 6.45) is 0. The van der Waals surface area contributed by atoms with Crippen molar-refractivity contribution in [3.63, 3.8) is 0 Å². The van der Waals surface area contributed by atoms with Crippen molar-refractivity contribution in [2.45, 2.75) is 13.8 Å². The number of nitrogens with zero attached hydrogens (tertiary/aromatic N) is 3. The maximum Gasteiger partial charge on any atom is 0.344 e. The van der Waals surface area contributed by atoms with Crippen LogP contribution in [0.3, 0.4) is 0 Å². The lowest BCUT2D eigenvalue weighted by molar-refractivity contribution is -0.395. The normalized spacial score (nSPS) is 13.3. The third-order valence-corrected chi connectivity index (χ3v) is 5.47. The summed E-state index contributed by atoms with van der Waals surface area (Å²) in [5, 5.41) is 22.6. The van der Waals surface area contributed by atoms with E-state index in [9.17, 15) is 25.0 Å². The van der Waals surface area contributed by atoms with Gasteiger partial charge in [-0.3, -0.25) is 20.2 Å². The molecule has 1 heterocycles. The van der Waals surface area contributed by atoms with Gasteiger partial charge in [-0.05, 0) is 32.0 Å². The molecule has 1 aliphatic heterocycles. The number of nitro groups is 2. The van der Waals surface area contributed by atoms with E-state index >= 15 is 0 Å². The highest BCUT2D eigenvalue weighted by Crippen LogP contribution is 2.33. The minimum absolute atomic E-state index is 0.0567. The summed E-state index contributed by atoms with van der Waals surface area (Å²) in [6.45, 7) is 5.74. The summed E-state index contributed by atoms with van der Waals surface area (Å²) in [7, 11) is 0. The van der Waals surface area contributed by atoms with Crippen molar-refractivity contribution in [2.24, 2.45) is 0 Å². The summed E-state index contributed by atoms with van der Waals surface area (Å²) in [5.41, 5.74) is -0.886. The van der Waals surface area contributed by atoms with Crippen molar-refractivity contribution >= 4 is 34.6 Å². The number of carbonyl (C=O) groups is 1. The number of benzene rings is 2. The number of hydrogen-bond donors (Lipinski definition) is 0. The third-order valence-electron chi connectivity index (χ3n) is 4.97. The molecule has 0 radical (unpaired) electrons. The zero-order valence-electron chi connectivity index (χ0n) is 17.9. The van der Waals surface area contributed by atoms with E-state index in [0.717, 1.165) is 12.1 Å². The fourth-order valence-corrected chi connectivity index (χ4v) is 3.59. The fraction of sp³-hybridized carbons (Fsp3) is 0.333. The molecule has 0 aromatic heterocycles. The zero-order chi connectivity index (χ0) is 24.1. The lowest BCUT2D eigenvalue weighted by Crippen LogP contribution is -2.40. The van der Waals surface area contributed by atoms with Gasteiger partial charge in [-0.15, -0.1) is 0 Å². The first-order chi connectivity index (χ1) is 15.7. The van der Waals surface area contributed by atoms with Gasteiger partial charge < -0.3 is 19.1 Å². The first kappa shape index (κ1) is 24.0. The average molecular weight is 475 g/mol. The van der Waals surface area contributed by atoms with Gasteiger partial charge >= 0.3 is 5.97 Å². The molecule has 11 nitrogen and oxygen atoms in total. The molecule has 0 saturated carbocycles. The van der Waals surface area contributed by atoms with Crippen LogP contribution in [-0.4, -0.2) is 58.6 Å². The Labute approximate surface area is 194 Å². The SMILES string of the molecule is CCOc1cc(C(=S)N2CCOCC2)ccc1OC(=O)c1cc([N+](=O)[O-])c(C)c([N+](=O)[O-])c1. The fourth-order valence-electron chi connectivity index (χ4n) is 3.28. The maximum absolute atomic E-state index is 12.7. The van der Waals surface area contributed by atoms with E-state index in [2.05, 4.69) is 0 Å². The van der Waals surface area contributed by atoms with Gasteiger partial charge in [-0.1, -0.05) is 12.2 Å². The Morgan fingerprint density at radius 2 is 1.67 bits per heavy atom. The molecule has 3 rings (SSSR count). The summed E-state index contributed by atoms with van der Waals surface area (Å²) < 4.78 is 16.3. The van der Waals surface area contributed by atoms with E-state index in [4.69, 9.17) is 26.4 Å². The summed E-state index contributed by atoms with van der Waals surface area (Å²) in [6, 6.07) is 6.72. The highest BCUT2D eigenvalue weighted by molar-refractivity contribution is 7.80. The topological polar surface area (TPSA) is 134 Å². The van der Waals surface area contributed by atoms with Gasteiger partial charge in [0, 0.05) is 30.8 Å².